The first-order valence-electron chi connectivity index (χ1n) is 10.4. The van der Waals surface area contributed by atoms with Gasteiger partial charge in [-0.1, -0.05) is 54.6 Å². The summed E-state index contributed by atoms with van der Waals surface area (Å²) in [7, 11) is 0. The largest absolute Gasteiger partial charge is 0.507 e. The minimum atomic E-state index is -0.673. The van der Waals surface area contributed by atoms with Crippen molar-refractivity contribution >= 4 is 5.91 Å². The molecule has 0 spiro atoms. The van der Waals surface area contributed by atoms with Crippen LogP contribution in [-0.4, -0.2) is 26.1 Å². The van der Waals surface area contributed by atoms with Gasteiger partial charge in [0.05, 0.1) is 6.04 Å². The Morgan fingerprint density at radius 1 is 1.06 bits per heavy atom. The number of nitrogens with zero attached hydrogens (tertiary/aromatic N) is 2. The van der Waals surface area contributed by atoms with Crippen LogP contribution in [0.1, 0.15) is 44.3 Å². The average molecular weight is 427 g/mol. The van der Waals surface area contributed by atoms with E-state index in [-0.39, 0.29) is 11.7 Å². The number of hydrogen-bond acceptors (Lipinski definition) is 3. The lowest BCUT2D eigenvalue weighted by atomic mass is 9.93. The fourth-order valence-electron chi connectivity index (χ4n) is 4.51. The number of amides is 1. The number of carbonyl (C=O) groups is 1. The number of aryl methyl sites for hydroxylation is 2. The molecule has 1 amide bonds. The van der Waals surface area contributed by atoms with Gasteiger partial charge >= 0.3 is 0 Å². The maximum atomic E-state index is 15.0. The van der Waals surface area contributed by atoms with Crippen LogP contribution in [-0.2, 0) is 6.54 Å². The summed E-state index contributed by atoms with van der Waals surface area (Å²) in [5.41, 5.74) is 4.89. The van der Waals surface area contributed by atoms with Crippen molar-refractivity contribution in [3.05, 3.63) is 106 Å². The monoisotopic (exact) mass is 427 g/mol. The number of aromatic amines is 1. The van der Waals surface area contributed by atoms with E-state index in [4.69, 9.17) is 0 Å². The molecule has 1 aromatic heterocycles. The summed E-state index contributed by atoms with van der Waals surface area (Å²) in [6.45, 7) is 4.07. The van der Waals surface area contributed by atoms with Gasteiger partial charge in [-0.2, -0.15) is 5.10 Å². The maximum absolute atomic E-state index is 15.0. The molecular weight excluding hydrogens is 405 g/mol. The van der Waals surface area contributed by atoms with Gasteiger partial charge in [-0.25, -0.2) is 4.39 Å². The topological polar surface area (TPSA) is 69.2 Å². The molecule has 2 heterocycles. The zero-order valence-electron chi connectivity index (χ0n) is 17.8. The molecule has 4 aromatic rings. The van der Waals surface area contributed by atoms with E-state index in [1.54, 1.807) is 23.1 Å². The number of phenols is 1. The summed E-state index contributed by atoms with van der Waals surface area (Å²) in [6, 6.07) is 19.1. The number of halogens is 1. The van der Waals surface area contributed by atoms with Crippen LogP contribution < -0.4 is 0 Å². The first-order chi connectivity index (χ1) is 15.5. The number of rotatable bonds is 4. The summed E-state index contributed by atoms with van der Waals surface area (Å²) >= 11 is 0. The summed E-state index contributed by atoms with van der Waals surface area (Å²) < 4.78 is 15.0. The second kappa shape index (κ2) is 7.64. The Morgan fingerprint density at radius 3 is 2.53 bits per heavy atom. The molecule has 160 valence electrons. The maximum Gasteiger partial charge on any atom is 0.273 e. The number of benzene rings is 3. The van der Waals surface area contributed by atoms with Crippen molar-refractivity contribution in [3.63, 3.8) is 0 Å². The minimum absolute atomic E-state index is 0.103. The van der Waals surface area contributed by atoms with Gasteiger partial charge in [-0.05, 0) is 42.7 Å². The summed E-state index contributed by atoms with van der Waals surface area (Å²) in [4.78, 5) is 15.1. The Bertz CT molecular complexity index is 1330. The van der Waals surface area contributed by atoms with Crippen molar-refractivity contribution in [3.8, 4) is 17.0 Å². The number of hydrogen-bond donors (Lipinski definition) is 2. The SMILES string of the molecule is Cc1cc(C)c(O)c(-c2n[nH]c3c2C(c2ccccc2F)N(Cc2ccccc2)C3=O)c1. The number of carbonyl (C=O) groups excluding carboxylic acids is 1. The molecule has 0 radical (unpaired) electrons. The zero-order chi connectivity index (χ0) is 22.4. The van der Waals surface area contributed by atoms with Crippen molar-refractivity contribution < 1.29 is 14.3 Å². The Kier molecular flexibility index (Phi) is 4.78. The van der Waals surface area contributed by atoms with Crippen LogP contribution in [0.4, 0.5) is 4.39 Å². The number of phenolic OH excluding ortho intramolecular Hbond substituents is 1. The molecule has 32 heavy (non-hydrogen) atoms. The Hall–Kier alpha value is -3.93. The Balaban J connectivity index is 1.72. The fourth-order valence-corrected chi connectivity index (χ4v) is 4.51. The van der Waals surface area contributed by atoms with Gasteiger partial charge in [-0.3, -0.25) is 9.89 Å². The average Bonchev–Trinajstić information content (AvgIpc) is 3.32. The molecule has 0 fully saturated rings. The predicted molar refractivity (Wildman–Crippen MR) is 120 cm³/mol. The predicted octanol–water partition coefficient (Wildman–Crippen LogP) is 5.28. The van der Waals surface area contributed by atoms with Crippen molar-refractivity contribution in [2.24, 2.45) is 0 Å². The molecule has 2 N–H and O–H groups in total. The number of nitrogens with one attached hydrogen (secondary N) is 1. The quantitative estimate of drug-likeness (QED) is 0.465. The lowest BCUT2D eigenvalue weighted by Gasteiger charge is -2.27. The van der Waals surface area contributed by atoms with Crippen molar-refractivity contribution in [2.75, 3.05) is 0 Å². The number of aromatic hydroxyl groups is 1. The van der Waals surface area contributed by atoms with Crippen LogP contribution in [0.2, 0.25) is 0 Å². The molecule has 5 nitrogen and oxygen atoms in total. The van der Waals surface area contributed by atoms with E-state index in [1.165, 1.54) is 6.07 Å². The lowest BCUT2D eigenvalue weighted by molar-refractivity contribution is 0.0728. The molecular formula is C26H22FN3O2. The van der Waals surface area contributed by atoms with Gasteiger partial charge in [0.25, 0.3) is 5.91 Å². The van der Waals surface area contributed by atoms with Crippen molar-refractivity contribution in [2.45, 2.75) is 26.4 Å². The van der Waals surface area contributed by atoms with Crippen molar-refractivity contribution in [1.82, 2.24) is 15.1 Å². The highest BCUT2D eigenvalue weighted by atomic mass is 19.1. The molecule has 6 heteroatoms. The molecule has 3 aromatic carbocycles. The Labute approximate surface area is 185 Å². The van der Waals surface area contributed by atoms with E-state index >= 15 is 4.39 Å². The summed E-state index contributed by atoms with van der Waals surface area (Å²) in [5.74, 6) is -0.543. The highest BCUT2D eigenvalue weighted by Crippen LogP contribution is 2.46. The lowest BCUT2D eigenvalue weighted by Crippen LogP contribution is -2.29. The molecule has 1 atom stereocenters. The van der Waals surface area contributed by atoms with Gasteiger partial charge in [-0.15, -0.1) is 0 Å². The van der Waals surface area contributed by atoms with E-state index < -0.39 is 11.9 Å². The third-order valence-electron chi connectivity index (χ3n) is 5.96. The van der Waals surface area contributed by atoms with E-state index in [1.807, 2.05) is 56.3 Å². The van der Waals surface area contributed by atoms with E-state index in [0.29, 0.717) is 40.2 Å². The van der Waals surface area contributed by atoms with Crippen molar-refractivity contribution in [1.29, 1.82) is 0 Å². The highest BCUT2D eigenvalue weighted by molar-refractivity contribution is 6.00. The van der Waals surface area contributed by atoms with Crippen LogP contribution >= 0.6 is 0 Å². The van der Waals surface area contributed by atoms with E-state index in [0.717, 1.165) is 11.1 Å². The summed E-state index contributed by atoms with van der Waals surface area (Å²) in [5, 5.41) is 18.0. The smallest absolute Gasteiger partial charge is 0.273 e. The third-order valence-corrected chi connectivity index (χ3v) is 5.96. The standard InChI is InChI=1S/C26H22FN3O2/c1-15-12-16(2)25(31)19(13-15)22-21-23(29-28-22)26(32)30(14-17-8-4-3-5-9-17)24(21)18-10-6-7-11-20(18)27/h3-13,24,31H,14H2,1-2H3,(H,28,29). The number of H-pyrrole nitrogens is 1. The molecule has 0 saturated heterocycles. The van der Waals surface area contributed by atoms with Crippen LogP contribution in [0.3, 0.4) is 0 Å². The fraction of sp³-hybridized carbons (Fsp3) is 0.154. The molecule has 1 aliphatic heterocycles. The molecule has 1 unspecified atom stereocenters. The van der Waals surface area contributed by atoms with Crippen LogP contribution in [0.15, 0.2) is 66.7 Å². The second-order valence-electron chi connectivity index (χ2n) is 8.18. The molecule has 0 aliphatic carbocycles. The normalized spacial score (nSPS) is 15.3. The third kappa shape index (κ3) is 3.15. The molecule has 0 saturated carbocycles. The van der Waals surface area contributed by atoms with Crippen LogP contribution in [0.5, 0.6) is 5.75 Å². The van der Waals surface area contributed by atoms with E-state index in [9.17, 15) is 9.90 Å². The first kappa shape index (κ1) is 20.0. The van der Waals surface area contributed by atoms with Crippen LogP contribution in [0, 0.1) is 19.7 Å². The van der Waals surface area contributed by atoms with Crippen LogP contribution in [0.25, 0.3) is 11.3 Å². The first-order valence-corrected chi connectivity index (χ1v) is 10.4. The molecule has 0 bridgehead atoms. The van der Waals surface area contributed by atoms with Gasteiger partial charge in [0.15, 0.2) is 0 Å². The molecule has 5 rings (SSSR count). The van der Waals surface area contributed by atoms with E-state index in [2.05, 4.69) is 10.2 Å². The highest BCUT2D eigenvalue weighted by Gasteiger charge is 2.43. The summed E-state index contributed by atoms with van der Waals surface area (Å²) in [6.07, 6.45) is 0. The Morgan fingerprint density at radius 2 is 1.78 bits per heavy atom. The molecule has 1 aliphatic rings. The zero-order valence-corrected chi connectivity index (χ0v) is 17.8. The van der Waals surface area contributed by atoms with Gasteiger partial charge in [0.1, 0.15) is 23.0 Å². The van der Waals surface area contributed by atoms with Gasteiger partial charge in [0, 0.05) is 23.2 Å². The number of aromatic nitrogens is 2. The minimum Gasteiger partial charge on any atom is -0.507 e. The van der Waals surface area contributed by atoms with Gasteiger partial charge < -0.3 is 10.0 Å². The second-order valence-corrected chi connectivity index (χ2v) is 8.18. The van der Waals surface area contributed by atoms with Gasteiger partial charge in [0.2, 0.25) is 0 Å². The number of fused-ring (bicyclic) bond motifs is 1.